The third-order valence-corrected chi connectivity index (χ3v) is 3.17. The summed E-state index contributed by atoms with van der Waals surface area (Å²) in [5.41, 5.74) is 2.40. The number of carbonyl (C=O) groups excluding carboxylic acids is 1. The Hall–Kier alpha value is -1.37. The second-order valence-electron chi connectivity index (χ2n) is 4.81. The van der Waals surface area contributed by atoms with Gasteiger partial charge in [-0.25, -0.2) is 0 Å². The van der Waals surface area contributed by atoms with E-state index in [1.54, 1.807) is 0 Å². The van der Waals surface area contributed by atoms with E-state index >= 15 is 0 Å². The van der Waals surface area contributed by atoms with Gasteiger partial charge in [0.2, 0.25) is 0 Å². The third-order valence-electron chi connectivity index (χ3n) is 3.17. The molecule has 0 unspecified atom stereocenters. The minimum atomic E-state index is 0.362. The van der Waals surface area contributed by atoms with Gasteiger partial charge in [0.05, 0.1) is 0 Å². The maximum atomic E-state index is 11.7. The SMILES string of the molecule is CCCCCCC(=O)C/C=C(\C)c1ccccc1. The molecule has 0 saturated heterocycles. The van der Waals surface area contributed by atoms with Gasteiger partial charge in [-0.2, -0.15) is 0 Å². The Kier molecular flexibility index (Phi) is 7.09. The van der Waals surface area contributed by atoms with Gasteiger partial charge in [-0.05, 0) is 24.5 Å². The van der Waals surface area contributed by atoms with E-state index in [1.165, 1.54) is 30.4 Å². The molecule has 0 spiro atoms. The third kappa shape index (κ3) is 5.81. The number of allylic oxidation sites excluding steroid dienone is 2. The Balaban J connectivity index is 2.32. The normalized spacial score (nSPS) is 11.6. The molecule has 0 bridgehead atoms. The fourth-order valence-electron chi connectivity index (χ4n) is 1.94. The average Bonchev–Trinajstić information content (AvgIpc) is 2.42. The van der Waals surface area contributed by atoms with Crippen molar-refractivity contribution in [2.75, 3.05) is 0 Å². The molecule has 98 valence electrons. The van der Waals surface area contributed by atoms with E-state index in [1.807, 2.05) is 18.2 Å². The van der Waals surface area contributed by atoms with Crippen LogP contribution in [0, 0.1) is 0 Å². The number of carbonyl (C=O) groups is 1. The summed E-state index contributed by atoms with van der Waals surface area (Å²) < 4.78 is 0. The van der Waals surface area contributed by atoms with Crippen LogP contribution >= 0.6 is 0 Å². The minimum absolute atomic E-state index is 0.362. The summed E-state index contributed by atoms with van der Waals surface area (Å²) in [5, 5.41) is 0. The van der Waals surface area contributed by atoms with Crippen molar-refractivity contribution in [2.45, 2.75) is 52.4 Å². The highest BCUT2D eigenvalue weighted by Crippen LogP contribution is 2.14. The first-order valence-electron chi connectivity index (χ1n) is 6.98. The highest BCUT2D eigenvalue weighted by Gasteiger charge is 2.00. The van der Waals surface area contributed by atoms with Crippen LogP contribution in [0.15, 0.2) is 36.4 Å². The van der Waals surface area contributed by atoms with E-state index < -0.39 is 0 Å². The van der Waals surface area contributed by atoms with Crippen molar-refractivity contribution in [1.82, 2.24) is 0 Å². The molecule has 0 aliphatic carbocycles. The van der Waals surface area contributed by atoms with Crippen molar-refractivity contribution >= 4 is 11.4 Å². The van der Waals surface area contributed by atoms with Crippen LogP contribution in [0.3, 0.4) is 0 Å². The quantitative estimate of drug-likeness (QED) is 0.587. The van der Waals surface area contributed by atoms with Gasteiger partial charge in [0.25, 0.3) is 0 Å². The van der Waals surface area contributed by atoms with Crippen molar-refractivity contribution in [3.8, 4) is 0 Å². The van der Waals surface area contributed by atoms with Gasteiger partial charge < -0.3 is 0 Å². The Labute approximate surface area is 111 Å². The average molecular weight is 244 g/mol. The smallest absolute Gasteiger partial charge is 0.136 e. The van der Waals surface area contributed by atoms with Crippen LogP contribution in [-0.2, 0) is 4.79 Å². The summed E-state index contributed by atoms with van der Waals surface area (Å²) in [6, 6.07) is 10.2. The largest absolute Gasteiger partial charge is 0.299 e. The first-order chi connectivity index (χ1) is 8.74. The van der Waals surface area contributed by atoms with Crippen LogP contribution in [0.1, 0.15) is 57.9 Å². The van der Waals surface area contributed by atoms with Crippen LogP contribution in [0.4, 0.5) is 0 Å². The van der Waals surface area contributed by atoms with Gasteiger partial charge in [-0.15, -0.1) is 0 Å². The summed E-state index contributed by atoms with van der Waals surface area (Å²) in [6.07, 6.45) is 8.06. The lowest BCUT2D eigenvalue weighted by molar-refractivity contribution is -0.118. The number of Topliss-reactive ketones (excluding diaryl/α,β-unsaturated/α-hetero) is 1. The zero-order valence-electron chi connectivity index (χ0n) is 11.6. The Bertz CT molecular complexity index is 376. The number of unbranched alkanes of at least 4 members (excludes halogenated alkanes) is 3. The standard InChI is InChI=1S/C17H24O/c1-3-4-5-9-12-17(18)14-13-15(2)16-10-7-6-8-11-16/h6-8,10-11,13H,3-5,9,12,14H2,1-2H3/b15-13+. The maximum Gasteiger partial charge on any atom is 0.136 e. The molecule has 0 amide bonds. The predicted molar refractivity (Wildman–Crippen MR) is 78.5 cm³/mol. The molecule has 0 fully saturated rings. The number of benzene rings is 1. The van der Waals surface area contributed by atoms with E-state index in [-0.39, 0.29) is 0 Å². The molecule has 0 N–H and O–H groups in total. The van der Waals surface area contributed by atoms with Crippen LogP contribution in [0.2, 0.25) is 0 Å². The lowest BCUT2D eigenvalue weighted by atomic mass is 10.0. The van der Waals surface area contributed by atoms with E-state index in [4.69, 9.17) is 0 Å². The van der Waals surface area contributed by atoms with Crippen LogP contribution in [0.5, 0.6) is 0 Å². The summed E-state index contributed by atoms with van der Waals surface area (Å²) in [7, 11) is 0. The predicted octanol–water partition coefficient (Wildman–Crippen LogP) is 5.02. The second kappa shape index (κ2) is 8.68. The zero-order chi connectivity index (χ0) is 13.2. The van der Waals surface area contributed by atoms with E-state index in [9.17, 15) is 4.79 Å². The Morgan fingerprint density at radius 3 is 2.50 bits per heavy atom. The Morgan fingerprint density at radius 2 is 1.83 bits per heavy atom. The number of rotatable bonds is 8. The molecule has 1 aromatic rings. The lowest BCUT2D eigenvalue weighted by Crippen LogP contribution is -1.95. The maximum absolute atomic E-state index is 11.7. The summed E-state index contributed by atoms with van der Waals surface area (Å²) >= 11 is 0. The first kappa shape index (κ1) is 14.7. The highest BCUT2D eigenvalue weighted by molar-refractivity contribution is 5.81. The van der Waals surface area contributed by atoms with Gasteiger partial charge >= 0.3 is 0 Å². The van der Waals surface area contributed by atoms with Crippen LogP contribution in [0.25, 0.3) is 5.57 Å². The molecular weight excluding hydrogens is 220 g/mol. The van der Waals surface area contributed by atoms with Crippen molar-refractivity contribution in [2.24, 2.45) is 0 Å². The van der Waals surface area contributed by atoms with Crippen molar-refractivity contribution < 1.29 is 4.79 Å². The van der Waals surface area contributed by atoms with E-state index in [2.05, 4.69) is 32.1 Å². The molecule has 1 aromatic carbocycles. The number of hydrogen-bond donors (Lipinski definition) is 0. The Morgan fingerprint density at radius 1 is 1.11 bits per heavy atom. The summed E-state index contributed by atoms with van der Waals surface area (Å²) in [5.74, 6) is 0.362. The fourth-order valence-corrected chi connectivity index (χ4v) is 1.94. The van der Waals surface area contributed by atoms with Crippen LogP contribution < -0.4 is 0 Å². The highest BCUT2D eigenvalue weighted by atomic mass is 16.1. The monoisotopic (exact) mass is 244 g/mol. The summed E-state index contributed by atoms with van der Waals surface area (Å²) in [4.78, 5) is 11.7. The van der Waals surface area contributed by atoms with Crippen molar-refractivity contribution in [1.29, 1.82) is 0 Å². The lowest BCUT2D eigenvalue weighted by Gasteiger charge is -2.01. The van der Waals surface area contributed by atoms with Crippen molar-refractivity contribution in [3.05, 3.63) is 42.0 Å². The van der Waals surface area contributed by atoms with Gasteiger partial charge in [-0.1, -0.05) is 62.6 Å². The number of hydrogen-bond acceptors (Lipinski definition) is 1. The molecule has 0 aliphatic heterocycles. The van der Waals surface area contributed by atoms with Gasteiger partial charge in [0, 0.05) is 12.8 Å². The molecule has 0 aliphatic rings. The topological polar surface area (TPSA) is 17.1 Å². The van der Waals surface area contributed by atoms with E-state index in [0.29, 0.717) is 12.2 Å². The van der Waals surface area contributed by atoms with Crippen molar-refractivity contribution in [3.63, 3.8) is 0 Å². The first-order valence-corrected chi connectivity index (χ1v) is 6.98. The zero-order valence-corrected chi connectivity index (χ0v) is 11.6. The molecule has 18 heavy (non-hydrogen) atoms. The molecule has 0 radical (unpaired) electrons. The molecule has 1 nitrogen and oxygen atoms in total. The van der Waals surface area contributed by atoms with Gasteiger partial charge in [-0.3, -0.25) is 4.79 Å². The molecule has 1 heteroatoms. The fraction of sp³-hybridized carbons (Fsp3) is 0.471. The number of ketones is 1. The van der Waals surface area contributed by atoms with Crippen LogP contribution in [-0.4, -0.2) is 5.78 Å². The molecule has 0 atom stereocenters. The summed E-state index contributed by atoms with van der Waals surface area (Å²) in [6.45, 7) is 4.26. The molecule has 0 aromatic heterocycles. The molecule has 1 rings (SSSR count). The minimum Gasteiger partial charge on any atom is -0.299 e. The van der Waals surface area contributed by atoms with E-state index in [0.717, 1.165) is 12.8 Å². The second-order valence-corrected chi connectivity index (χ2v) is 4.81. The van der Waals surface area contributed by atoms with Gasteiger partial charge in [0.1, 0.15) is 5.78 Å². The van der Waals surface area contributed by atoms with Gasteiger partial charge in [0.15, 0.2) is 0 Å². The molecule has 0 heterocycles. The molecular formula is C17H24O. The molecule has 0 saturated carbocycles.